The Morgan fingerprint density at radius 1 is 0.926 bits per heavy atom. The second kappa shape index (κ2) is 7.76. The van der Waals surface area contributed by atoms with Crippen molar-refractivity contribution >= 4 is 34.8 Å². The van der Waals surface area contributed by atoms with Gasteiger partial charge in [0.05, 0.1) is 16.3 Å². The zero-order valence-electron chi connectivity index (χ0n) is 15.7. The minimum absolute atomic E-state index is 0.304. The zero-order valence-corrected chi connectivity index (χ0v) is 16.5. The molecule has 0 fully saturated rings. The monoisotopic (exact) mass is 380 g/mol. The van der Waals surface area contributed by atoms with E-state index in [0.717, 1.165) is 22.4 Å². The van der Waals surface area contributed by atoms with Crippen LogP contribution >= 0.6 is 11.6 Å². The first-order chi connectivity index (χ1) is 12.8. The van der Waals surface area contributed by atoms with Crippen LogP contribution in [0.25, 0.3) is 0 Å². The number of rotatable bonds is 4. The van der Waals surface area contributed by atoms with E-state index >= 15 is 0 Å². The summed E-state index contributed by atoms with van der Waals surface area (Å²) in [5, 5.41) is 6.51. The molecule has 1 amide bonds. The smallest absolute Gasteiger partial charge is 0.258 e. The molecule has 0 saturated heterocycles. The van der Waals surface area contributed by atoms with Gasteiger partial charge in [-0.25, -0.2) is 9.97 Å². The Hall–Kier alpha value is -2.92. The van der Waals surface area contributed by atoms with E-state index in [2.05, 4.69) is 26.7 Å². The van der Waals surface area contributed by atoms with E-state index in [0.29, 0.717) is 22.2 Å². The van der Waals surface area contributed by atoms with E-state index < -0.39 is 0 Å². The second-order valence-electron chi connectivity index (χ2n) is 6.63. The van der Waals surface area contributed by atoms with Gasteiger partial charge in [0.1, 0.15) is 0 Å². The summed E-state index contributed by atoms with van der Waals surface area (Å²) in [6.45, 7) is 7.93. The van der Waals surface area contributed by atoms with Crippen LogP contribution in [0.4, 0.5) is 17.3 Å². The third-order valence-electron chi connectivity index (χ3n) is 4.21. The molecule has 138 valence electrons. The molecule has 0 aliphatic carbocycles. The van der Waals surface area contributed by atoms with Crippen LogP contribution in [0, 0.1) is 27.7 Å². The molecule has 0 aliphatic heterocycles. The van der Waals surface area contributed by atoms with Crippen molar-refractivity contribution in [2.45, 2.75) is 27.7 Å². The van der Waals surface area contributed by atoms with Crippen LogP contribution in [0.2, 0.25) is 5.02 Å². The predicted molar refractivity (Wildman–Crippen MR) is 110 cm³/mol. The SMILES string of the molecule is Cc1ccc(Nc2ncc(C(=O)Nc3c(C)cc(C)cc3Cl)cn2)c(C)c1. The van der Waals surface area contributed by atoms with Gasteiger partial charge in [-0.2, -0.15) is 0 Å². The van der Waals surface area contributed by atoms with Crippen LogP contribution in [0.15, 0.2) is 42.7 Å². The molecular formula is C21H21ClN4O. The summed E-state index contributed by atoms with van der Waals surface area (Å²) in [4.78, 5) is 21.0. The first kappa shape index (κ1) is 18.9. The van der Waals surface area contributed by atoms with Crippen molar-refractivity contribution in [3.8, 4) is 0 Å². The average molecular weight is 381 g/mol. The van der Waals surface area contributed by atoms with Crippen molar-refractivity contribution in [1.29, 1.82) is 0 Å². The molecule has 1 heterocycles. The van der Waals surface area contributed by atoms with Gasteiger partial charge in [-0.15, -0.1) is 0 Å². The molecule has 0 radical (unpaired) electrons. The highest BCUT2D eigenvalue weighted by molar-refractivity contribution is 6.34. The molecule has 0 saturated carbocycles. The number of hydrogen-bond acceptors (Lipinski definition) is 4. The molecule has 5 nitrogen and oxygen atoms in total. The lowest BCUT2D eigenvalue weighted by Crippen LogP contribution is -2.14. The lowest BCUT2D eigenvalue weighted by Gasteiger charge is -2.12. The highest BCUT2D eigenvalue weighted by Gasteiger charge is 2.12. The molecule has 0 bridgehead atoms. The lowest BCUT2D eigenvalue weighted by atomic mass is 10.1. The van der Waals surface area contributed by atoms with E-state index in [1.54, 1.807) is 0 Å². The molecule has 27 heavy (non-hydrogen) atoms. The minimum atomic E-state index is -0.304. The largest absolute Gasteiger partial charge is 0.324 e. The van der Waals surface area contributed by atoms with E-state index in [4.69, 9.17) is 11.6 Å². The molecule has 1 aromatic heterocycles. The van der Waals surface area contributed by atoms with Crippen LogP contribution in [-0.2, 0) is 0 Å². The van der Waals surface area contributed by atoms with E-state index in [9.17, 15) is 4.79 Å². The summed E-state index contributed by atoms with van der Waals surface area (Å²) in [5.74, 6) is 0.130. The number of carbonyl (C=O) groups is 1. The summed E-state index contributed by atoms with van der Waals surface area (Å²) >= 11 is 6.25. The van der Waals surface area contributed by atoms with Crippen molar-refractivity contribution in [2.24, 2.45) is 0 Å². The number of benzene rings is 2. The highest BCUT2D eigenvalue weighted by Crippen LogP contribution is 2.27. The van der Waals surface area contributed by atoms with Crippen LogP contribution < -0.4 is 10.6 Å². The Morgan fingerprint density at radius 3 is 2.22 bits per heavy atom. The lowest BCUT2D eigenvalue weighted by molar-refractivity contribution is 0.102. The quantitative estimate of drug-likeness (QED) is 0.639. The van der Waals surface area contributed by atoms with Crippen molar-refractivity contribution in [3.63, 3.8) is 0 Å². The van der Waals surface area contributed by atoms with Crippen molar-refractivity contribution in [3.05, 3.63) is 75.6 Å². The predicted octanol–water partition coefficient (Wildman–Crippen LogP) is 5.36. The van der Waals surface area contributed by atoms with Gasteiger partial charge in [-0.3, -0.25) is 4.79 Å². The Kier molecular flexibility index (Phi) is 5.42. The molecular weight excluding hydrogens is 360 g/mol. The maximum Gasteiger partial charge on any atom is 0.258 e. The van der Waals surface area contributed by atoms with E-state index in [1.807, 2.05) is 52.0 Å². The van der Waals surface area contributed by atoms with Crippen molar-refractivity contribution in [1.82, 2.24) is 9.97 Å². The molecule has 0 aliphatic rings. The number of hydrogen-bond donors (Lipinski definition) is 2. The van der Waals surface area contributed by atoms with Crippen LogP contribution in [0.1, 0.15) is 32.6 Å². The van der Waals surface area contributed by atoms with E-state index in [-0.39, 0.29) is 5.91 Å². The fraction of sp³-hybridized carbons (Fsp3) is 0.190. The van der Waals surface area contributed by atoms with Crippen molar-refractivity contribution in [2.75, 3.05) is 10.6 Å². The van der Waals surface area contributed by atoms with Gasteiger partial charge in [-0.05, 0) is 56.5 Å². The first-order valence-corrected chi connectivity index (χ1v) is 8.95. The molecule has 2 aromatic carbocycles. The Balaban J connectivity index is 1.74. The Morgan fingerprint density at radius 2 is 1.59 bits per heavy atom. The number of halogens is 1. The van der Waals surface area contributed by atoms with Gasteiger partial charge in [0.25, 0.3) is 5.91 Å². The maximum absolute atomic E-state index is 12.5. The number of nitrogens with zero attached hydrogens (tertiary/aromatic N) is 2. The fourth-order valence-electron chi connectivity index (χ4n) is 2.84. The average Bonchev–Trinajstić information content (AvgIpc) is 2.61. The van der Waals surface area contributed by atoms with Gasteiger partial charge in [0, 0.05) is 18.1 Å². The Labute approximate surface area is 163 Å². The summed E-state index contributed by atoms with van der Waals surface area (Å²) in [5.41, 5.74) is 6.13. The zero-order chi connectivity index (χ0) is 19.6. The number of aromatic nitrogens is 2. The number of amides is 1. The summed E-state index contributed by atoms with van der Waals surface area (Å²) in [6.07, 6.45) is 2.98. The molecule has 3 rings (SSSR count). The fourth-order valence-corrected chi connectivity index (χ4v) is 3.21. The maximum atomic E-state index is 12.5. The third kappa shape index (κ3) is 4.44. The van der Waals surface area contributed by atoms with Crippen LogP contribution in [0.3, 0.4) is 0 Å². The third-order valence-corrected chi connectivity index (χ3v) is 4.51. The van der Waals surface area contributed by atoms with Gasteiger partial charge in [0.15, 0.2) is 0 Å². The number of carbonyl (C=O) groups excluding carboxylic acids is 1. The summed E-state index contributed by atoms with van der Waals surface area (Å²) in [7, 11) is 0. The second-order valence-corrected chi connectivity index (χ2v) is 7.04. The van der Waals surface area contributed by atoms with Gasteiger partial charge in [0.2, 0.25) is 5.95 Å². The highest BCUT2D eigenvalue weighted by atomic mass is 35.5. The van der Waals surface area contributed by atoms with Gasteiger partial charge < -0.3 is 10.6 Å². The number of nitrogens with one attached hydrogen (secondary N) is 2. The topological polar surface area (TPSA) is 66.9 Å². The van der Waals surface area contributed by atoms with Crippen LogP contribution in [-0.4, -0.2) is 15.9 Å². The minimum Gasteiger partial charge on any atom is -0.324 e. The van der Waals surface area contributed by atoms with Crippen molar-refractivity contribution < 1.29 is 4.79 Å². The van der Waals surface area contributed by atoms with Crippen LogP contribution in [0.5, 0.6) is 0 Å². The number of anilines is 3. The molecule has 0 spiro atoms. The van der Waals surface area contributed by atoms with E-state index in [1.165, 1.54) is 18.0 Å². The molecule has 6 heteroatoms. The molecule has 0 unspecified atom stereocenters. The normalized spacial score (nSPS) is 10.6. The first-order valence-electron chi connectivity index (χ1n) is 8.58. The summed E-state index contributed by atoms with van der Waals surface area (Å²) < 4.78 is 0. The molecule has 3 aromatic rings. The van der Waals surface area contributed by atoms with Gasteiger partial charge >= 0.3 is 0 Å². The number of aryl methyl sites for hydroxylation is 4. The molecule has 0 atom stereocenters. The van der Waals surface area contributed by atoms with Gasteiger partial charge in [-0.1, -0.05) is 35.4 Å². The standard InChI is InChI=1S/C21H21ClN4O/c1-12-5-6-18(14(3)7-12)25-21-23-10-16(11-24-21)20(27)26-19-15(4)8-13(2)9-17(19)22/h5-11H,1-4H3,(H,26,27)(H,23,24,25). The Bertz CT molecular complexity index is 977. The summed E-state index contributed by atoms with van der Waals surface area (Å²) in [6, 6.07) is 9.87. The molecule has 2 N–H and O–H groups in total.